The van der Waals surface area contributed by atoms with Crippen LogP contribution in [0.25, 0.3) is 16.7 Å². The molecule has 5 nitrogen and oxygen atoms in total. The molecule has 140 valence electrons. The number of nitrogens with zero attached hydrogens (tertiary/aromatic N) is 2. The van der Waals surface area contributed by atoms with Crippen molar-refractivity contribution in [3.8, 4) is 5.69 Å². The van der Waals surface area contributed by atoms with Crippen LogP contribution in [0.3, 0.4) is 0 Å². The first-order chi connectivity index (χ1) is 13.5. The van der Waals surface area contributed by atoms with E-state index < -0.39 is 0 Å². The molecule has 0 atom stereocenters. The van der Waals surface area contributed by atoms with E-state index in [9.17, 15) is 4.79 Å². The molecule has 0 aliphatic carbocycles. The quantitative estimate of drug-likeness (QED) is 0.409. The van der Waals surface area contributed by atoms with Crippen LogP contribution in [-0.2, 0) is 0 Å². The number of benzene rings is 2. The number of hydrogen-bond donors (Lipinski definition) is 1. The van der Waals surface area contributed by atoms with E-state index in [1.54, 1.807) is 12.3 Å². The highest BCUT2D eigenvalue weighted by molar-refractivity contribution is 5.96. The molecule has 1 amide bonds. The zero-order valence-electron chi connectivity index (χ0n) is 16.1. The SMILES string of the molecule is Cc1ccccc1-n1c(C)cc(/C=N/NC(=O)c2cc3ccccc3o2)c1C. The van der Waals surface area contributed by atoms with Gasteiger partial charge in [-0.25, -0.2) is 5.43 Å². The van der Waals surface area contributed by atoms with Crippen LogP contribution in [0, 0.1) is 20.8 Å². The van der Waals surface area contributed by atoms with Gasteiger partial charge in [-0.1, -0.05) is 36.4 Å². The summed E-state index contributed by atoms with van der Waals surface area (Å²) >= 11 is 0. The second-order valence-corrected chi connectivity index (χ2v) is 6.80. The molecule has 4 aromatic rings. The molecular weight excluding hydrogens is 350 g/mol. The Morgan fingerprint density at radius 1 is 1.04 bits per heavy atom. The van der Waals surface area contributed by atoms with Gasteiger partial charge in [0.05, 0.1) is 6.21 Å². The van der Waals surface area contributed by atoms with Gasteiger partial charge in [0.15, 0.2) is 5.76 Å². The first-order valence-corrected chi connectivity index (χ1v) is 9.11. The third-order valence-electron chi connectivity index (χ3n) is 4.85. The number of carbonyl (C=O) groups excluding carboxylic acids is 1. The van der Waals surface area contributed by atoms with E-state index in [1.165, 1.54) is 5.56 Å². The Hall–Kier alpha value is -3.60. The molecule has 5 heteroatoms. The number of para-hydroxylation sites is 2. The van der Waals surface area contributed by atoms with Gasteiger partial charge in [-0.15, -0.1) is 0 Å². The summed E-state index contributed by atoms with van der Waals surface area (Å²) in [6.45, 7) is 6.20. The molecular formula is C23H21N3O2. The second-order valence-electron chi connectivity index (χ2n) is 6.80. The average Bonchev–Trinajstić information content (AvgIpc) is 3.24. The third kappa shape index (κ3) is 3.22. The second kappa shape index (κ2) is 7.19. The van der Waals surface area contributed by atoms with Crippen LogP contribution in [0.5, 0.6) is 0 Å². The van der Waals surface area contributed by atoms with Gasteiger partial charge in [-0.05, 0) is 50.6 Å². The van der Waals surface area contributed by atoms with Gasteiger partial charge in [0.2, 0.25) is 0 Å². The summed E-state index contributed by atoms with van der Waals surface area (Å²) in [5.41, 5.74) is 8.69. The highest BCUT2D eigenvalue weighted by Crippen LogP contribution is 2.22. The van der Waals surface area contributed by atoms with Gasteiger partial charge in [-0.2, -0.15) is 5.10 Å². The third-order valence-corrected chi connectivity index (χ3v) is 4.85. The number of nitrogens with one attached hydrogen (secondary N) is 1. The molecule has 0 saturated heterocycles. The van der Waals surface area contributed by atoms with E-state index in [0.29, 0.717) is 5.58 Å². The summed E-state index contributed by atoms with van der Waals surface area (Å²) in [4.78, 5) is 12.3. The van der Waals surface area contributed by atoms with Crippen LogP contribution in [0.15, 0.2) is 70.2 Å². The normalized spacial score (nSPS) is 11.4. The summed E-state index contributed by atoms with van der Waals surface area (Å²) in [6.07, 6.45) is 1.66. The minimum Gasteiger partial charge on any atom is -0.451 e. The molecule has 2 aromatic heterocycles. The van der Waals surface area contributed by atoms with E-state index >= 15 is 0 Å². The average molecular weight is 371 g/mol. The van der Waals surface area contributed by atoms with Crippen molar-refractivity contribution in [2.75, 3.05) is 0 Å². The van der Waals surface area contributed by atoms with E-state index in [1.807, 2.05) is 43.3 Å². The minimum atomic E-state index is -0.375. The lowest BCUT2D eigenvalue weighted by molar-refractivity contribution is 0.0929. The van der Waals surface area contributed by atoms with Crippen molar-refractivity contribution in [3.63, 3.8) is 0 Å². The Morgan fingerprint density at radius 3 is 2.57 bits per heavy atom. The zero-order chi connectivity index (χ0) is 19.7. The number of rotatable bonds is 4. The van der Waals surface area contributed by atoms with Crippen molar-refractivity contribution in [2.45, 2.75) is 20.8 Å². The zero-order valence-corrected chi connectivity index (χ0v) is 16.1. The largest absolute Gasteiger partial charge is 0.451 e. The number of aryl methyl sites for hydroxylation is 2. The molecule has 0 radical (unpaired) electrons. The summed E-state index contributed by atoms with van der Waals surface area (Å²) in [5, 5.41) is 5.01. The molecule has 28 heavy (non-hydrogen) atoms. The summed E-state index contributed by atoms with van der Waals surface area (Å²) in [7, 11) is 0. The van der Waals surface area contributed by atoms with Gasteiger partial charge in [0, 0.05) is 28.0 Å². The Labute approximate surface area is 163 Å². The Bertz CT molecular complexity index is 1160. The van der Waals surface area contributed by atoms with Crippen LogP contribution in [0.2, 0.25) is 0 Å². The molecule has 2 aromatic carbocycles. The first-order valence-electron chi connectivity index (χ1n) is 9.11. The minimum absolute atomic E-state index is 0.240. The number of aromatic nitrogens is 1. The maximum Gasteiger partial charge on any atom is 0.307 e. The van der Waals surface area contributed by atoms with Crippen LogP contribution in [0.1, 0.15) is 33.1 Å². The molecule has 4 rings (SSSR count). The topological polar surface area (TPSA) is 59.5 Å². The lowest BCUT2D eigenvalue weighted by Gasteiger charge is -2.12. The van der Waals surface area contributed by atoms with Crippen molar-refractivity contribution in [2.24, 2.45) is 5.10 Å². The lowest BCUT2D eigenvalue weighted by Crippen LogP contribution is -2.16. The molecule has 1 N–H and O–H groups in total. The van der Waals surface area contributed by atoms with Crippen molar-refractivity contribution in [1.82, 2.24) is 9.99 Å². The molecule has 0 aliphatic rings. The molecule has 2 heterocycles. The fourth-order valence-electron chi connectivity index (χ4n) is 3.41. The van der Waals surface area contributed by atoms with Crippen LogP contribution >= 0.6 is 0 Å². The van der Waals surface area contributed by atoms with Crippen molar-refractivity contribution >= 4 is 23.1 Å². The van der Waals surface area contributed by atoms with Gasteiger partial charge in [0.25, 0.3) is 0 Å². The smallest absolute Gasteiger partial charge is 0.307 e. The molecule has 0 spiro atoms. The predicted molar refractivity (Wildman–Crippen MR) is 111 cm³/mol. The van der Waals surface area contributed by atoms with Crippen LogP contribution in [-0.4, -0.2) is 16.7 Å². The molecule has 0 unspecified atom stereocenters. The highest BCUT2D eigenvalue weighted by atomic mass is 16.3. The van der Waals surface area contributed by atoms with E-state index in [2.05, 4.69) is 47.1 Å². The summed E-state index contributed by atoms with van der Waals surface area (Å²) in [6, 6.07) is 19.5. The Morgan fingerprint density at radius 2 is 1.79 bits per heavy atom. The monoisotopic (exact) mass is 371 g/mol. The van der Waals surface area contributed by atoms with Gasteiger partial charge in [-0.3, -0.25) is 4.79 Å². The number of fused-ring (bicyclic) bond motifs is 1. The predicted octanol–water partition coefficient (Wildman–Crippen LogP) is 4.91. The maximum atomic E-state index is 12.3. The van der Waals surface area contributed by atoms with Gasteiger partial charge >= 0.3 is 5.91 Å². The number of carbonyl (C=O) groups is 1. The van der Waals surface area contributed by atoms with Crippen LogP contribution in [0.4, 0.5) is 0 Å². The fourth-order valence-corrected chi connectivity index (χ4v) is 3.41. The molecule has 0 bridgehead atoms. The Balaban J connectivity index is 1.54. The number of hydrazone groups is 1. The Kier molecular flexibility index (Phi) is 4.57. The molecule has 0 saturated carbocycles. The fraction of sp³-hybridized carbons (Fsp3) is 0.130. The number of furan rings is 1. The number of amides is 1. The molecule has 0 fully saturated rings. The van der Waals surface area contributed by atoms with Crippen molar-refractivity contribution < 1.29 is 9.21 Å². The van der Waals surface area contributed by atoms with Gasteiger partial charge < -0.3 is 8.98 Å². The van der Waals surface area contributed by atoms with Crippen LogP contribution < -0.4 is 5.43 Å². The highest BCUT2D eigenvalue weighted by Gasteiger charge is 2.13. The van der Waals surface area contributed by atoms with E-state index in [4.69, 9.17) is 4.42 Å². The first kappa shape index (κ1) is 17.8. The van der Waals surface area contributed by atoms with E-state index in [0.717, 1.165) is 28.0 Å². The van der Waals surface area contributed by atoms with Crippen molar-refractivity contribution in [3.05, 3.63) is 88.9 Å². The van der Waals surface area contributed by atoms with E-state index in [-0.39, 0.29) is 11.7 Å². The maximum absolute atomic E-state index is 12.3. The lowest BCUT2D eigenvalue weighted by atomic mass is 10.2. The molecule has 0 aliphatic heterocycles. The van der Waals surface area contributed by atoms with Crippen molar-refractivity contribution in [1.29, 1.82) is 0 Å². The summed E-state index contributed by atoms with van der Waals surface area (Å²) in [5.74, 6) is -0.135. The number of hydrogen-bond acceptors (Lipinski definition) is 3. The van der Waals surface area contributed by atoms with Gasteiger partial charge in [0.1, 0.15) is 5.58 Å². The summed E-state index contributed by atoms with van der Waals surface area (Å²) < 4.78 is 7.75. The standard InChI is InChI=1S/C23H21N3O2/c1-15-8-4-6-10-20(15)26-16(2)12-19(17(26)3)14-24-25-23(27)22-13-18-9-5-7-11-21(18)28-22/h4-14H,1-3H3,(H,25,27)/b24-14+.